The molecule has 3 N–H and O–H groups in total. The van der Waals surface area contributed by atoms with Crippen LogP contribution >= 0.6 is 0 Å². The van der Waals surface area contributed by atoms with E-state index in [1.165, 1.54) is 12.1 Å². The third-order valence-corrected chi connectivity index (χ3v) is 3.66. The first-order valence-corrected chi connectivity index (χ1v) is 6.87. The fourth-order valence-electron chi connectivity index (χ4n) is 2.57. The topological polar surface area (TPSA) is 61.9 Å². The minimum Gasteiger partial charge on any atom is -0.409 e. The highest BCUT2D eigenvalue weighted by Gasteiger charge is 2.34. The Hall–Kier alpha value is -1.92. The molecule has 0 saturated carbocycles. The lowest BCUT2D eigenvalue weighted by Crippen LogP contribution is -2.26. The lowest BCUT2D eigenvalue weighted by Gasteiger charge is -2.24. The number of hydrogen-bond donors (Lipinski definition) is 2. The molecule has 4 nitrogen and oxygen atoms in total. The summed E-state index contributed by atoms with van der Waals surface area (Å²) in [6.07, 6.45) is -0.254. The van der Waals surface area contributed by atoms with E-state index in [0.29, 0.717) is 5.69 Å². The van der Waals surface area contributed by atoms with Crippen LogP contribution in [0.15, 0.2) is 23.4 Å². The van der Waals surface area contributed by atoms with E-state index in [9.17, 15) is 13.2 Å². The maximum absolute atomic E-state index is 13.0. The standard InChI is InChI=1S/C14H18F3N3O/c15-14(16,17)12-6-5-10(9-11(12)13(18)19-21)20-7-3-1-2-4-8-20/h5-6,9,21H,1-4,7-8H2,(H2,18,19). The van der Waals surface area contributed by atoms with Gasteiger partial charge in [-0.25, -0.2) is 0 Å². The lowest BCUT2D eigenvalue weighted by molar-refractivity contribution is -0.137. The summed E-state index contributed by atoms with van der Waals surface area (Å²) in [6.45, 7) is 1.61. The first-order chi connectivity index (χ1) is 9.93. The lowest BCUT2D eigenvalue weighted by atomic mass is 10.0. The molecule has 7 heteroatoms. The predicted molar refractivity (Wildman–Crippen MR) is 74.6 cm³/mol. The summed E-state index contributed by atoms with van der Waals surface area (Å²) >= 11 is 0. The smallest absolute Gasteiger partial charge is 0.409 e. The molecule has 1 heterocycles. The number of nitrogens with two attached hydrogens (primary N) is 1. The molecule has 21 heavy (non-hydrogen) atoms. The van der Waals surface area contributed by atoms with Gasteiger partial charge < -0.3 is 15.8 Å². The number of anilines is 1. The summed E-state index contributed by atoms with van der Waals surface area (Å²) in [4.78, 5) is 2.04. The summed E-state index contributed by atoms with van der Waals surface area (Å²) in [7, 11) is 0. The van der Waals surface area contributed by atoms with E-state index in [1.807, 2.05) is 4.90 Å². The molecule has 1 aliphatic heterocycles. The summed E-state index contributed by atoms with van der Waals surface area (Å²) in [5.41, 5.74) is 4.90. The molecule has 0 bridgehead atoms. The number of oxime groups is 1. The van der Waals surface area contributed by atoms with Crippen molar-refractivity contribution in [1.82, 2.24) is 0 Å². The van der Waals surface area contributed by atoms with Crippen LogP contribution in [0.2, 0.25) is 0 Å². The monoisotopic (exact) mass is 301 g/mol. The normalized spacial score (nSPS) is 17.7. The van der Waals surface area contributed by atoms with E-state index in [2.05, 4.69) is 5.16 Å². The van der Waals surface area contributed by atoms with Gasteiger partial charge in [0, 0.05) is 24.3 Å². The zero-order valence-electron chi connectivity index (χ0n) is 11.5. The fraction of sp³-hybridized carbons (Fsp3) is 0.500. The Morgan fingerprint density at radius 3 is 2.29 bits per heavy atom. The van der Waals surface area contributed by atoms with Gasteiger partial charge in [0.2, 0.25) is 0 Å². The molecule has 1 aliphatic rings. The minimum absolute atomic E-state index is 0.285. The van der Waals surface area contributed by atoms with Crippen molar-refractivity contribution in [2.75, 3.05) is 18.0 Å². The highest BCUT2D eigenvalue weighted by Crippen LogP contribution is 2.34. The van der Waals surface area contributed by atoms with Crippen molar-refractivity contribution in [3.63, 3.8) is 0 Å². The van der Waals surface area contributed by atoms with Gasteiger partial charge >= 0.3 is 6.18 Å². The Bertz CT molecular complexity index is 521. The van der Waals surface area contributed by atoms with Crippen molar-refractivity contribution in [2.45, 2.75) is 31.9 Å². The number of amidine groups is 1. The second-order valence-electron chi connectivity index (χ2n) is 5.11. The van der Waals surface area contributed by atoms with Crippen LogP contribution in [0.5, 0.6) is 0 Å². The van der Waals surface area contributed by atoms with Gasteiger partial charge in [-0.1, -0.05) is 18.0 Å². The van der Waals surface area contributed by atoms with Crippen molar-refractivity contribution < 1.29 is 18.4 Å². The van der Waals surface area contributed by atoms with Crippen LogP contribution in [-0.2, 0) is 6.18 Å². The van der Waals surface area contributed by atoms with Crippen LogP contribution in [0, 0.1) is 0 Å². The molecule has 0 aromatic heterocycles. The number of rotatable bonds is 2. The molecule has 0 unspecified atom stereocenters. The van der Waals surface area contributed by atoms with Crippen molar-refractivity contribution in [1.29, 1.82) is 0 Å². The summed E-state index contributed by atoms with van der Waals surface area (Å²) in [5.74, 6) is -0.529. The van der Waals surface area contributed by atoms with E-state index in [1.54, 1.807) is 0 Å². The number of halogens is 3. The van der Waals surface area contributed by atoms with Gasteiger partial charge in [-0.2, -0.15) is 13.2 Å². The Kier molecular flexibility index (Phi) is 4.59. The van der Waals surface area contributed by atoms with Gasteiger partial charge in [0.25, 0.3) is 0 Å². The largest absolute Gasteiger partial charge is 0.417 e. The quantitative estimate of drug-likeness (QED) is 0.382. The van der Waals surface area contributed by atoms with Crippen LogP contribution in [0.3, 0.4) is 0 Å². The Labute approximate surface area is 121 Å². The second kappa shape index (κ2) is 6.24. The zero-order valence-corrected chi connectivity index (χ0v) is 11.5. The van der Waals surface area contributed by atoms with Gasteiger partial charge in [0.1, 0.15) is 0 Å². The van der Waals surface area contributed by atoms with Crippen LogP contribution in [0.25, 0.3) is 0 Å². The third-order valence-electron chi connectivity index (χ3n) is 3.66. The molecule has 0 radical (unpaired) electrons. The maximum Gasteiger partial charge on any atom is 0.417 e. The van der Waals surface area contributed by atoms with Gasteiger partial charge in [-0.3, -0.25) is 0 Å². The predicted octanol–water partition coefficient (Wildman–Crippen LogP) is 3.18. The van der Waals surface area contributed by atoms with Gasteiger partial charge in [-0.05, 0) is 31.0 Å². The molecule has 0 amide bonds. The number of nitrogens with zero attached hydrogens (tertiary/aromatic N) is 2. The van der Waals surface area contributed by atoms with Crippen LogP contribution in [0.4, 0.5) is 18.9 Å². The summed E-state index contributed by atoms with van der Waals surface area (Å²) in [5, 5.41) is 11.4. The molecule has 0 aliphatic carbocycles. The van der Waals surface area contributed by atoms with Crippen molar-refractivity contribution in [3.8, 4) is 0 Å². The van der Waals surface area contributed by atoms with Gasteiger partial charge in [-0.15, -0.1) is 0 Å². The number of alkyl halides is 3. The Morgan fingerprint density at radius 1 is 1.14 bits per heavy atom. The Morgan fingerprint density at radius 2 is 1.76 bits per heavy atom. The van der Waals surface area contributed by atoms with E-state index in [0.717, 1.165) is 44.8 Å². The van der Waals surface area contributed by atoms with Crippen LogP contribution < -0.4 is 10.6 Å². The third kappa shape index (κ3) is 3.59. The summed E-state index contributed by atoms with van der Waals surface area (Å²) < 4.78 is 38.9. The molecule has 1 aromatic rings. The molecular weight excluding hydrogens is 283 g/mol. The molecule has 1 saturated heterocycles. The molecule has 1 fully saturated rings. The second-order valence-corrected chi connectivity index (χ2v) is 5.11. The summed E-state index contributed by atoms with van der Waals surface area (Å²) in [6, 6.07) is 3.79. The van der Waals surface area contributed by atoms with Crippen LogP contribution in [-0.4, -0.2) is 24.1 Å². The maximum atomic E-state index is 13.0. The molecule has 0 atom stereocenters. The number of hydrogen-bond acceptors (Lipinski definition) is 3. The van der Waals surface area contributed by atoms with Crippen molar-refractivity contribution >= 4 is 11.5 Å². The van der Waals surface area contributed by atoms with Crippen molar-refractivity contribution in [3.05, 3.63) is 29.3 Å². The van der Waals surface area contributed by atoms with Crippen LogP contribution in [0.1, 0.15) is 36.8 Å². The van der Waals surface area contributed by atoms with E-state index in [4.69, 9.17) is 10.9 Å². The SMILES string of the molecule is N/C(=N/O)c1cc(N2CCCCCC2)ccc1C(F)(F)F. The molecule has 0 spiro atoms. The zero-order chi connectivity index (χ0) is 15.5. The molecule has 2 rings (SSSR count). The first-order valence-electron chi connectivity index (χ1n) is 6.87. The number of benzene rings is 1. The highest BCUT2D eigenvalue weighted by molar-refractivity contribution is 5.99. The minimum atomic E-state index is -4.54. The fourth-order valence-corrected chi connectivity index (χ4v) is 2.57. The molecule has 1 aromatic carbocycles. The van der Waals surface area contributed by atoms with Crippen molar-refractivity contribution in [2.24, 2.45) is 10.9 Å². The molecule has 116 valence electrons. The first kappa shape index (κ1) is 15.5. The average Bonchev–Trinajstić information content (AvgIpc) is 2.74. The van der Waals surface area contributed by atoms with E-state index in [-0.39, 0.29) is 5.56 Å². The van der Waals surface area contributed by atoms with Gasteiger partial charge in [0.05, 0.1) is 5.56 Å². The van der Waals surface area contributed by atoms with Gasteiger partial charge in [0.15, 0.2) is 5.84 Å². The average molecular weight is 301 g/mol. The van der Waals surface area contributed by atoms with E-state index >= 15 is 0 Å². The highest BCUT2D eigenvalue weighted by atomic mass is 19.4. The Balaban J connectivity index is 2.41. The molecular formula is C14H18F3N3O. The van der Waals surface area contributed by atoms with E-state index < -0.39 is 17.6 Å².